The van der Waals surface area contributed by atoms with Gasteiger partial charge in [0.1, 0.15) is 0 Å². The topological polar surface area (TPSA) is 59.0 Å². The number of esters is 1. The van der Waals surface area contributed by atoms with E-state index in [0.717, 1.165) is 6.54 Å². The summed E-state index contributed by atoms with van der Waals surface area (Å²) >= 11 is 0. The Hall–Kier alpha value is -0.650. The van der Waals surface area contributed by atoms with Crippen molar-refractivity contribution in [3.63, 3.8) is 0 Å². The zero-order valence-corrected chi connectivity index (χ0v) is 9.31. The van der Waals surface area contributed by atoms with Gasteiger partial charge in [-0.15, -0.1) is 0 Å². The predicted molar refractivity (Wildman–Crippen MR) is 54.5 cm³/mol. The van der Waals surface area contributed by atoms with E-state index in [1.54, 1.807) is 0 Å². The third-order valence-corrected chi connectivity index (χ3v) is 2.74. The molecular formula is C10H19NO4. The van der Waals surface area contributed by atoms with Gasteiger partial charge in [0.2, 0.25) is 0 Å². The summed E-state index contributed by atoms with van der Waals surface area (Å²) < 4.78 is 9.89. The van der Waals surface area contributed by atoms with Gasteiger partial charge in [0.15, 0.2) is 0 Å². The van der Waals surface area contributed by atoms with E-state index in [1.165, 1.54) is 7.11 Å². The fraction of sp³-hybridized carbons (Fsp3) is 0.900. The minimum Gasteiger partial charge on any atom is -0.469 e. The van der Waals surface area contributed by atoms with Crippen LogP contribution in [0, 0.1) is 0 Å². The number of methoxy groups -OCH3 is 1. The molecule has 0 radical (unpaired) electrons. The van der Waals surface area contributed by atoms with Crippen molar-refractivity contribution >= 4 is 5.97 Å². The fourth-order valence-electron chi connectivity index (χ4n) is 1.85. The summed E-state index contributed by atoms with van der Waals surface area (Å²) in [5.41, 5.74) is 0. The quantitative estimate of drug-likeness (QED) is 0.651. The number of rotatable bonds is 4. The minimum atomic E-state index is -0.217. The second-order valence-electron chi connectivity index (χ2n) is 3.78. The summed E-state index contributed by atoms with van der Waals surface area (Å²) in [5, 5.41) is 9.16. The van der Waals surface area contributed by atoms with Gasteiger partial charge in [-0.1, -0.05) is 0 Å². The van der Waals surface area contributed by atoms with Gasteiger partial charge >= 0.3 is 5.97 Å². The smallest absolute Gasteiger partial charge is 0.307 e. The zero-order valence-electron chi connectivity index (χ0n) is 9.31. The predicted octanol–water partition coefficient (Wildman–Crippen LogP) is -0.369. The molecule has 1 fully saturated rings. The lowest BCUT2D eigenvalue weighted by Gasteiger charge is -2.38. The Morgan fingerprint density at radius 1 is 1.73 bits per heavy atom. The summed E-state index contributed by atoms with van der Waals surface area (Å²) in [4.78, 5) is 13.2. The van der Waals surface area contributed by atoms with E-state index in [-0.39, 0.29) is 24.7 Å². The van der Waals surface area contributed by atoms with Crippen molar-refractivity contribution in [2.45, 2.75) is 25.4 Å². The number of carbonyl (C=O) groups is 1. The molecule has 0 saturated carbocycles. The molecule has 1 N–H and O–H groups in total. The molecule has 0 spiro atoms. The Kier molecular flexibility index (Phi) is 5.01. The van der Waals surface area contributed by atoms with Gasteiger partial charge < -0.3 is 14.6 Å². The molecule has 2 unspecified atom stereocenters. The molecule has 5 nitrogen and oxygen atoms in total. The van der Waals surface area contributed by atoms with E-state index in [9.17, 15) is 4.79 Å². The van der Waals surface area contributed by atoms with Crippen molar-refractivity contribution in [2.75, 3.05) is 33.5 Å². The van der Waals surface area contributed by atoms with E-state index in [1.807, 2.05) is 6.92 Å². The summed E-state index contributed by atoms with van der Waals surface area (Å²) in [7, 11) is 1.39. The number of aliphatic hydroxyl groups is 1. The van der Waals surface area contributed by atoms with Crippen molar-refractivity contribution in [1.29, 1.82) is 0 Å². The molecule has 2 atom stereocenters. The highest BCUT2D eigenvalue weighted by Gasteiger charge is 2.27. The van der Waals surface area contributed by atoms with Crippen molar-refractivity contribution < 1.29 is 19.4 Å². The third kappa shape index (κ3) is 3.44. The van der Waals surface area contributed by atoms with Gasteiger partial charge in [0.25, 0.3) is 0 Å². The molecule has 1 saturated heterocycles. The molecule has 1 heterocycles. The first-order valence-corrected chi connectivity index (χ1v) is 5.20. The zero-order chi connectivity index (χ0) is 11.3. The molecule has 1 aliphatic heterocycles. The summed E-state index contributed by atoms with van der Waals surface area (Å²) in [6, 6.07) is 0.0805. The molecule has 0 aliphatic carbocycles. The Morgan fingerprint density at radius 2 is 2.47 bits per heavy atom. The highest BCUT2D eigenvalue weighted by atomic mass is 16.5. The van der Waals surface area contributed by atoms with Crippen molar-refractivity contribution in [3.05, 3.63) is 0 Å². The Morgan fingerprint density at radius 3 is 3.07 bits per heavy atom. The number of morpholine rings is 1. The average Bonchev–Trinajstić information content (AvgIpc) is 2.28. The van der Waals surface area contributed by atoms with Crippen LogP contribution in [0.2, 0.25) is 0 Å². The lowest BCUT2D eigenvalue weighted by atomic mass is 10.1. The number of hydrogen-bond donors (Lipinski definition) is 1. The maximum Gasteiger partial charge on any atom is 0.307 e. The van der Waals surface area contributed by atoms with Crippen LogP contribution in [0.4, 0.5) is 0 Å². The number of carbonyl (C=O) groups excluding carboxylic acids is 1. The third-order valence-electron chi connectivity index (χ3n) is 2.74. The Labute approximate surface area is 90.0 Å². The molecule has 1 aliphatic rings. The van der Waals surface area contributed by atoms with Crippen LogP contribution in [0.1, 0.15) is 13.3 Å². The highest BCUT2D eigenvalue weighted by molar-refractivity contribution is 5.69. The van der Waals surface area contributed by atoms with Crippen LogP contribution in [-0.2, 0) is 14.3 Å². The van der Waals surface area contributed by atoms with Crippen molar-refractivity contribution in [3.8, 4) is 0 Å². The SMILES string of the molecule is COC(=O)CC(C)N1CCOCC1CO. The van der Waals surface area contributed by atoms with Crippen LogP contribution in [0.3, 0.4) is 0 Å². The molecular weight excluding hydrogens is 198 g/mol. The number of nitrogens with zero attached hydrogens (tertiary/aromatic N) is 1. The first kappa shape index (κ1) is 12.4. The highest BCUT2D eigenvalue weighted by Crippen LogP contribution is 2.13. The van der Waals surface area contributed by atoms with Gasteiger partial charge in [-0.25, -0.2) is 0 Å². The number of ether oxygens (including phenoxy) is 2. The fourth-order valence-corrected chi connectivity index (χ4v) is 1.85. The van der Waals surface area contributed by atoms with Gasteiger partial charge in [-0.2, -0.15) is 0 Å². The second kappa shape index (κ2) is 6.05. The lowest BCUT2D eigenvalue weighted by molar-refractivity contribution is -0.143. The van der Waals surface area contributed by atoms with Crippen LogP contribution in [0.5, 0.6) is 0 Å². The molecule has 0 aromatic rings. The Bertz CT molecular complexity index is 210. The lowest BCUT2D eigenvalue weighted by Crippen LogP contribution is -2.52. The van der Waals surface area contributed by atoms with Crippen LogP contribution in [0.15, 0.2) is 0 Å². The first-order chi connectivity index (χ1) is 7.19. The molecule has 0 aromatic carbocycles. The molecule has 1 rings (SSSR count). The molecule has 5 heteroatoms. The summed E-state index contributed by atoms with van der Waals surface area (Å²) in [6.07, 6.45) is 0.354. The monoisotopic (exact) mass is 217 g/mol. The normalized spacial score (nSPS) is 24.9. The largest absolute Gasteiger partial charge is 0.469 e. The van der Waals surface area contributed by atoms with E-state index >= 15 is 0 Å². The van der Waals surface area contributed by atoms with Crippen LogP contribution >= 0.6 is 0 Å². The molecule has 15 heavy (non-hydrogen) atoms. The maximum absolute atomic E-state index is 11.1. The number of hydrogen-bond acceptors (Lipinski definition) is 5. The van der Waals surface area contributed by atoms with E-state index in [4.69, 9.17) is 9.84 Å². The number of aliphatic hydroxyl groups excluding tert-OH is 1. The molecule has 0 aromatic heterocycles. The van der Waals surface area contributed by atoms with Crippen LogP contribution in [-0.4, -0.2) is 61.5 Å². The maximum atomic E-state index is 11.1. The standard InChI is InChI=1S/C10H19NO4/c1-8(5-10(13)14-2)11-3-4-15-7-9(11)6-12/h8-9,12H,3-7H2,1-2H3. The van der Waals surface area contributed by atoms with Gasteiger partial charge in [-0.05, 0) is 6.92 Å². The van der Waals surface area contributed by atoms with Crippen LogP contribution < -0.4 is 0 Å². The second-order valence-corrected chi connectivity index (χ2v) is 3.78. The van der Waals surface area contributed by atoms with E-state index in [2.05, 4.69) is 9.64 Å². The molecule has 0 amide bonds. The van der Waals surface area contributed by atoms with Crippen molar-refractivity contribution in [2.24, 2.45) is 0 Å². The van der Waals surface area contributed by atoms with E-state index < -0.39 is 0 Å². The van der Waals surface area contributed by atoms with Gasteiger partial charge in [-0.3, -0.25) is 9.69 Å². The average molecular weight is 217 g/mol. The molecule has 88 valence electrons. The molecule has 0 bridgehead atoms. The summed E-state index contributed by atoms with van der Waals surface area (Å²) in [6.45, 7) is 3.96. The Balaban J connectivity index is 2.47. The summed E-state index contributed by atoms with van der Waals surface area (Å²) in [5.74, 6) is -0.217. The van der Waals surface area contributed by atoms with E-state index in [0.29, 0.717) is 19.6 Å². The first-order valence-electron chi connectivity index (χ1n) is 5.20. The van der Waals surface area contributed by atoms with Gasteiger partial charge in [0, 0.05) is 12.6 Å². The van der Waals surface area contributed by atoms with Crippen molar-refractivity contribution in [1.82, 2.24) is 4.90 Å². The van der Waals surface area contributed by atoms with Crippen LogP contribution in [0.25, 0.3) is 0 Å². The minimum absolute atomic E-state index is 0.00148. The van der Waals surface area contributed by atoms with Gasteiger partial charge in [0.05, 0.1) is 39.4 Å².